The fourth-order valence-corrected chi connectivity index (χ4v) is 2.10. The second kappa shape index (κ2) is 7.60. The Morgan fingerprint density at radius 3 is 2.81 bits per heavy atom. The third-order valence-corrected chi connectivity index (χ3v) is 3.13. The van der Waals surface area contributed by atoms with Crippen LogP contribution in [0.1, 0.15) is 42.5 Å². The van der Waals surface area contributed by atoms with Gasteiger partial charge in [-0.15, -0.1) is 6.58 Å². The van der Waals surface area contributed by atoms with Crippen LogP contribution in [0.4, 0.5) is 0 Å². The normalized spacial score (nSPS) is 10.1. The van der Waals surface area contributed by atoms with Gasteiger partial charge in [0, 0.05) is 15.6 Å². The maximum Gasteiger partial charge on any atom is 0.162 e. The Hall–Kier alpha value is -0.640. The molecule has 0 aromatic heterocycles. The van der Waals surface area contributed by atoms with Crippen molar-refractivity contribution in [3.05, 3.63) is 46.1 Å². The number of rotatable bonds is 7. The summed E-state index contributed by atoms with van der Waals surface area (Å²) in [5, 5.41) is 0. The van der Waals surface area contributed by atoms with Gasteiger partial charge in [-0.1, -0.05) is 24.6 Å². The lowest BCUT2D eigenvalue weighted by molar-refractivity contribution is 0.0979. The van der Waals surface area contributed by atoms with Crippen LogP contribution in [-0.4, -0.2) is 5.78 Å². The quantitative estimate of drug-likeness (QED) is 0.309. The first kappa shape index (κ1) is 13.4. The van der Waals surface area contributed by atoms with Crippen molar-refractivity contribution in [1.29, 1.82) is 0 Å². The second-order valence-corrected chi connectivity index (χ2v) is 5.07. The molecule has 0 aliphatic heterocycles. The summed E-state index contributed by atoms with van der Waals surface area (Å²) < 4.78 is 1.12. The molecule has 0 aliphatic rings. The van der Waals surface area contributed by atoms with Crippen LogP contribution < -0.4 is 0 Å². The number of carbonyl (C=O) groups is 1. The molecule has 0 fully saturated rings. The molecule has 0 radical (unpaired) electrons. The molecule has 0 heterocycles. The standard InChI is InChI=1S/C14H17IO/c1-2-3-4-5-6-10-14(16)12-8-7-9-13(15)11-12/h2,7-9,11H,1,3-6,10H2. The highest BCUT2D eigenvalue weighted by molar-refractivity contribution is 14.1. The lowest BCUT2D eigenvalue weighted by Gasteiger charge is -2.01. The van der Waals surface area contributed by atoms with E-state index < -0.39 is 0 Å². The Morgan fingerprint density at radius 1 is 1.31 bits per heavy atom. The third kappa shape index (κ3) is 4.92. The van der Waals surface area contributed by atoms with Crippen LogP contribution in [0.3, 0.4) is 0 Å². The summed E-state index contributed by atoms with van der Waals surface area (Å²) in [7, 11) is 0. The molecule has 0 aliphatic carbocycles. The molecule has 1 nitrogen and oxygen atoms in total. The van der Waals surface area contributed by atoms with E-state index in [0.29, 0.717) is 6.42 Å². The monoisotopic (exact) mass is 328 g/mol. The highest BCUT2D eigenvalue weighted by Crippen LogP contribution is 2.12. The number of unbranched alkanes of at least 4 members (excludes halogenated alkanes) is 3. The summed E-state index contributed by atoms with van der Waals surface area (Å²) in [6, 6.07) is 7.79. The SMILES string of the molecule is C=CCCCCCC(=O)c1cccc(I)c1. The summed E-state index contributed by atoms with van der Waals surface area (Å²) in [5.41, 5.74) is 0.843. The smallest absolute Gasteiger partial charge is 0.162 e. The molecule has 0 unspecified atom stereocenters. The lowest BCUT2D eigenvalue weighted by atomic mass is 10.0. The minimum atomic E-state index is 0.261. The Balaban J connectivity index is 2.32. The number of allylic oxidation sites excluding steroid dienone is 1. The van der Waals surface area contributed by atoms with Gasteiger partial charge in [-0.05, 0) is 54.0 Å². The molecule has 2 heteroatoms. The lowest BCUT2D eigenvalue weighted by Crippen LogP contribution is -1.99. The molecule has 0 spiro atoms. The Morgan fingerprint density at radius 2 is 2.12 bits per heavy atom. The van der Waals surface area contributed by atoms with Gasteiger partial charge in [-0.3, -0.25) is 4.79 Å². The molecule has 16 heavy (non-hydrogen) atoms. The number of hydrogen-bond donors (Lipinski definition) is 0. The largest absolute Gasteiger partial charge is 0.294 e. The summed E-state index contributed by atoms with van der Waals surface area (Å²) in [6.07, 6.45) is 6.89. The number of halogens is 1. The maximum absolute atomic E-state index is 11.8. The van der Waals surface area contributed by atoms with Crippen molar-refractivity contribution < 1.29 is 4.79 Å². The molecule has 0 saturated heterocycles. The van der Waals surface area contributed by atoms with E-state index in [1.165, 1.54) is 0 Å². The Labute approximate surface area is 111 Å². The highest BCUT2D eigenvalue weighted by Gasteiger charge is 2.05. The molecule has 0 saturated carbocycles. The van der Waals surface area contributed by atoms with Crippen LogP contribution in [0, 0.1) is 3.57 Å². The van der Waals surface area contributed by atoms with Crippen molar-refractivity contribution in [3.8, 4) is 0 Å². The number of ketones is 1. The second-order valence-electron chi connectivity index (χ2n) is 3.82. The fourth-order valence-electron chi connectivity index (χ4n) is 1.56. The van der Waals surface area contributed by atoms with E-state index in [2.05, 4.69) is 29.2 Å². The number of carbonyl (C=O) groups excluding carboxylic acids is 1. The molecule has 0 bridgehead atoms. The zero-order valence-corrected chi connectivity index (χ0v) is 11.6. The van der Waals surface area contributed by atoms with Gasteiger partial charge in [0.2, 0.25) is 0 Å². The Kier molecular flexibility index (Phi) is 6.38. The summed E-state index contributed by atoms with van der Waals surface area (Å²) >= 11 is 2.23. The molecular weight excluding hydrogens is 311 g/mol. The molecule has 86 valence electrons. The summed E-state index contributed by atoms with van der Waals surface area (Å²) in [4.78, 5) is 11.8. The van der Waals surface area contributed by atoms with Crippen LogP contribution in [-0.2, 0) is 0 Å². The van der Waals surface area contributed by atoms with Crippen molar-refractivity contribution in [2.24, 2.45) is 0 Å². The Bertz CT molecular complexity index is 358. The fraction of sp³-hybridized carbons (Fsp3) is 0.357. The van der Waals surface area contributed by atoms with E-state index in [-0.39, 0.29) is 5.78 Å². The van der Waals surface area contributed by atoms with E-state index in [0.717, 1.165) is 34.8 Å². The topological polar surface area (TPSA) is 17.1 Å². The van der Waals surface area contributed by atoms with Gasteiger partial charge in [0.1, 0.15) is 0 Å². The van der Waals surface area contributed by atoms with E-state index in [1.807, 2.05) is 30.3 Å². The van der Waals surface area contributed by atoms with Crippen LogP contribution >= 0.6 is 22.6 Å². The molecule has 0 atom stereocenters. The molecule has 0 N–H and O–H groups in total. The average molecular weight is 328 g/mol. The van der Waals surface area contributed by atoms with Crippen molar-refractivity contribution in [3.63, 3.8) is 0 Å². The van der Waals surface area contributed by atoms with Gasteiger partial charge in [-0.25, -0.2) is 0 Å². The van der Waals surface area contributed by atoms with Crippen molar-refractivity contribution in [1.82, 2.24) is 0 Å². The molecule has 1 rings (SSSR count). The predicted octanol–water partition coefficient (Wildman–Crippen LogP) is 4.61. The zero-order valence-electron chi connectivity index (χ0n) is 9.42. The van der Waals surface area contributed by atoms with Gasteiger partial charge >= 0.3 is 0 Å². The molecule has 1 aromatic carbocycles. The van der Waals surface area contributed by atoms with Crippen molar-refractivity contribution in [2.75, 3.05) is 0 Å². The number of hydrogen-bond acceptors (Lipinski definition) is 1. The first-order valence-corrected chi connectivity index (χ1v) is 6.71. The van der Waals surface area contributed by atoms with Crippen LogP contribution in [0.25, 0.3) is 0 Å². The van der Waals surface area contributed by atoms with E-state index in [1.54, 1.807) is 0 Å². The van der Waals surface area contributed by atoms with Gasteiger partial charge < -0.3 is 0 Å². The van der Waals surface area contributed by atoms with E-state index in [9.17, 15) is 4.79 Å². The van der Waals surface area contributed by atoms with E-state index >= 15 is 0 Å². The number of Topliss-reactive ketones (excluding diaryl/α,β-unsaturated/α-hetero) is 1. The number of benzene rings is 1. The third-order valence-electron chi connectivity index (χ3n) is 2.46. The van der Waals surface area contributed by atoms with Crippen LogP contribution in [0.5, 0.6) is 0 Å². The van der Waals surface area contributed by atoms with Gasteiger partial charge in [0.05, 0.1) is 0 Å². The summed E-state index contributed by atoms with van der Waals surface area (Å²) in [6.45, 7) is 3.68. The average Bonchev–Trinajstić information content (AvgIpc) is 2.28. The van der Waals surface area contributed by atoms with Crippen molar-refractivity contribution >= 4 is 28.4 Å². The van der Waals surface area contributed by atoms with Crippen molar-refractivity contribution in [2.45, 2.75) is 32.1 Å². The molecule has 1 aromatic rings. The minimum absolute atomic E-state index is 0.261. The van der Waals surface area contributed by atoms with Crippen LogP contribution in [0.15, 0.2) is 36.9 Å². The van der Waals surface area contributed by atoms with Crippen LogP contribution in [0.2, 0.25) is 0 Å². The zero-order chi connectivity index (χ0) is 11.8. The van der Waals surface area contributed by atoms with E-state index in [4.69, 9.17) is 0 Å². The molecular formula is C14H17IO. The summed E-state index contributed by atoms with van der Waals surface area (Å²) in [5.74, 6) is 0.261. The predicted molar refractivity (Wildman–Crippen MR) is 76.8 cm³/mol. The maximum atomic E-state index is 11.8. The first-order valence-electron chi connectivity index (χ1n) is 5.63. The van der Waals surface area contributed by atoms with Gasteiger partial charge in [0.15, 0.2) is 5.78 Å². The van der Waals surface area contributed by atoms with Gasteiger partial charge in [0.25, 0.3) is 0 Å². The highest BCUT2D eigenvalue weighted by atomic mass is 127. The van der Waals surface area contributed by atoms with Gasteiger partial charge in [-0.2, -0.15) is 0 Å². The molecule has 0 amide bonds. The minimum Gasteiger partial charge on any atom is -0.294 e. The first-order chi connectivity index (χ1) is 7.74.